The summed E-state index contributed by atoms with van der Waals surface area (Å²) in [5, 5.41) is 2.99. The fourth-order valence-electron chi connectivity index (χ4n) is 1.80. The van der Waals surface area contributed by atoms with Crippen LogP contribution in [0.3, 0.4) is 0 Å². The van der Waals surface area contributed by atoms with E-state index in [0.29, 0.717) is 4.32 Å². The van der Waals surface area contributed by atoms with E-state index in [-0.39, 0.29) is 7.92 Å². The minimum absolute atomic E-state index is 0.240. The molecule has 0 aliphatic carbocycles. The van der Waals surface area contributed by atoms with Crippen molar-refractivity contribution in [3.8, 4) is 0 Å². The van der Waals surface area contributed by atoms with Crippen molar-refractivity contribution in [3.05, 3.63) is 60.7 Å². The molecule has 0 aromatic heterocycles. The standard InChI is InChI=1S/C13H11P3S2/c1-3-7-11(8-4-1)16(13-17-14-15-18-13)12-9-5-2-6-10-12/h1-10,13H. The Hall–Kier alpha value is 0.170. The molecule has 90 valence electrons. The molecule has 0 atom stereocenters. The van der Waals surface area contributed by atoms with E-state index < -0.39 is 0 Å². The van der Waals surface area contributed by atoms with Crippen LogP contribution in [0.1, 0.15) is 0 Å². The molecule has 0 unspecified atom stereocenters. The Morgan fingerprint density at radius 2 is 1.17 bits per heavy atom. The van der Waals surface area contributed by atoms with Gasteiger partial charge >= 0.3 is 0 Å². The molecule has 2 aromatic carbocycles. The van der Waals surface area contributed by atoms with Crippen LogP contribution >= 0.6 is 44.8 Å². The third kappa shape index (κ3) is 3.01. The van der Waals surface area contributed by atoms with Crippen molar-refractivity contribution >= 4 is 55.4 Å². The fourth-order valence-corrected chi connectivity index (χ4v) is 18.6. The average Bonchev–Trinajstić information content (AvgIpc) is 2.95. The molecule has 1 aliphatic heterocycles. The van der Waals surface area contributed by atoms with Crippen molar-refractivity contribution in [2.45, 2.75) is 4.32 Å². The third-order valence-electron chi connectivity index (χ3n) is 2.59. The smallest absolute Gasteiger partial charge is 0.0762 e. The van der Waals surface area contributed by atoms with Crippen molar-refractivity contribution in [3.63, 3.8) is 0 Å². The Morgan fingerprint density at radius 1 is 0.722 bits per heavy atom. The summed E-state index contributed by atoms with van der Waals surface area (Å²) < 4.78 is 0.702. The van der Waals surface area contributed by atoms with Crippen LogP contribution in [0.5, 0.6) is 0 Å². The largest absolute Gasteiger partial charge is 0.0955 e. The zero-order chi connectivity index (χ0) is 12.2. The highest BCUT2D eigenvalue weighted by molar-refractivity contribution is 8.81. The van der Waals surface area contributed by atoms with Gasteiger partial charge in [0.2, 0.25) is 0 Å². The second kappa shape index (κ2) is 6.56. The molecule has 1 aliphatic rings. The summed E-state index contributed by atoms with van der Waals surface area (Å²) in [5.74, 6) is 0. The average molecular weight is 324 g/mol. The summed E-state index contributed by atoms with van der Waals surface area (Å²) in [7, 11) is 2.77. The van der Waals surface area contributed by atoms with Gasteiger partial charge in [-0.2, -0.15) is 0 Å². The van der Waals surface area contributed by atoms with Crippen LogP contribution < -0.4 is 10.6 Å². The van der Waals surface area contributed by atoms with Gasteiger partial charge in [0.1, 0.15) is 0 Å². The molecule has 0 radical (unpaired) electrons. The van der Waals surface area contributed by atoms with E-state index in [1.54, 1.807) is 0 Å². The second-order valence-electron chi connectivity index (χ2n) is 3.72. The molecule has 0 saturated carbocycles. The lowest BCUT2D eigenvalue weighted by molar-refractivity contribution is 1.74. The Bertz CT molecular complexity index is 483. The Kier molecular flexibility index (Phi) is 4.80. The van der Waals surface area contributed by atoms with Crippen LogP contribution in [0.4, 0.5) is 0 Å². The van der Waals surface area contributed by atoms with Crippen LogP contribution in [0.25, 0.3) is 0 Å². The van der Waals surface area contributed by atoms with Gasteiger partial charge in [-0.05, 0) is 18.5 Å². The molecule has 1 heterocycles. The Morgan fingerprint density at radius 3 is 1.61 bits per heavy atom. The summed E-state index contributed by atoms with van der Waals surface area (Å²) >= 11 is 4.18. The number of benzene rings is 2. The maximum atomic E-state index is 2.28. The predicted molar refractivity (Wildman–Crippen MR) is 91.9 cm³/mol. The first-order valence-electron chi connectivity index (χ1n) is 5.56. The summed E-state index contributed by atoms with van der Waals surface area (Å²) in [6.45, 7) is 0. The van der Waals surface area contributed by atoms with Crippen molar-refractivity contribution in [1.29, 1.82) is 0 Å². The van der Waals surface area contributed by atoms with Crippen molar-refractivity contribution in [2.75, 3.05) is 0 Å². The maximum Gasteiger partial charge on any atom is 0.0955 e. The molecule has 5 heteroatoms. The van der Waals surface area contributed by atoms with E-state index in [1.165, 1.54) is 24.7 Å². The first-order valence-corrected chi connectivity index (χ1v) is 12.4. The van der Waals surface area contributed by atoms with Crippen LogP contribution in [0, 0.1) is 0 Å². The van der Waals surface area contributed by atoms with Crippen LogP contribution in [-0.4, -0.2) is 4.32 Å². The first-order chi connectivity index (χ1) is 8.95. The van der Waals surface area contributed by atoms with E-state index in [1.807, 2.05) is 0 Å². The normalized spacial score (nSPS) is 20.2. The Balaban J connectivity index is 1.99. The van der Waals surface area contributed by atoms with Gasteiger partial charge < -0.3 is 0 Å². The van der Waals surface area contributed by atoms with E-state index in [4.69, 9.17) is 0 Å². The SMILES string of the molecule is c1ccc(P(c2ccccc2)C2SP=PS2)cc1. The zero-order valence-electron chi connectivity index (χ0n) is 9.51. The number of hydrogen-bond acceptors (Lipinski definition) is 2. The molecule has 18 heavy (non-hydrogen) atoms. The number of hydrogen-bond donors (Lipinski definition) is 0. The summed E-state index contributed by atoms with van der Waals surface area (Å²) in [6.07, 6.45) is 0. The molecular weight excluding hydrogens is 313 g/mol. The lowest BCUT2D eigenvalue weighted by Crippen LogP contribution is -2.16. The molecule has 0 spiro atoms. The first kappa shape index (κ1) is 13.2. The summed E-state index contributed by atoms with van der Waals surface area (Å²) in [6, 6.07) is 22.0. The van der Waals surface area contributed by atoms with Gasteiger partial charge in [0.25, 0.3) is 0 Å². The monoisotopic (exact) mass is 324 g/mol. The highest BCUT2D eigenvalue weighted by atomic mass is 33.0. The highest BCUT2D eigenvalue weighted by Crippen LogP contribution is 2.65. The van der Waals surface area contributed by atoms with Crippen LogP contribution in [-0.2, 0) is 0 Å². The van der Waals surface area contributed by atoms with Gasteiger partial charge in [0.05, 0.1) is 4.32 Å². The minimum Gasteiger partial charge on any atom is -0.0762 e. The van der Waals surface area contributed by atoms with Crippen molar-refractivity contribution in [1.82, 2.24) is 0 Å². The fraction of sp³-hybridized carbons (Fsp3) is 0.0769. The van der Waals surface area contributed by atoms with Crippen molar-refractivity contribution in [2.24, 2.45) is 0 Å². The molecular formula is C13H11P3S2. The van der Waals surface area contributed by atoms with Gasteiger partial charge in [-0.25, -0.2) is 0 Å². The van der Waals surface area contributed by atoms with Crippen LogP contribution in [0.15, 0.2) is 60.7 Å². The number of rotatable bonds is 3. The predicted octanol–water partition coefficient (Wildman–Crippen LogP) is 5.52. The lowest BCUT2D eigenvalue weighted by atomic mass is 10.4. The zero-order valence-corrected chi connectivity index (χ0v) is 13.8. The van der Waals surface area contributed by atoms with Gasteiger partial charge in [0.15, 0.2) is 0 Å². The third-order valence-corrected chi connectivity index (χ3v) is 15.8. The molecule has 0 bridgehead atoms. The topological polar surface area (TPSA) is 0 Å². The molecule has 0 fully saturated rings. The maximum absolute atomic E-state index is 2.28. The molecule has 3 rings (SSSR count). The molecule has 0 nitrogen and oxygen atoms in total. The van der Waals surface area contributed by atoms with Crippen LogP contribution in [0.2, 0.25) is 0 Å². The molecule has 0 amide bonds. The highest BCUT2D eigenvalue weighted by Gasteiger charge is 2.27. The van der Waals surface area contributed by atoms with Gasteiger partial charge in [-0.3, -0.25) is 0 Å². The minimum atomic E-state index is -0.240. The molecule has 2 aromatic rings. The van der Waals surface area contributed by atoms with E-state index in [2.05, 4.69) is 83.4 Å². The quantitative estimate of drug-likeness (QED) is 0.682. The van der Waals surface area contributed by atoms with E-state index >= 15 is 0 Å². The van der Waals surface area contributed by atoms with Gasteiger partial charge in [0, 0.05) is 14.1 Å². The van der Waals surface area contributed by atoms with Gasteiger partial charge in [-0.15, -0.1) is 0 Å². The van der Waals surface area contributed by atoms with E-state index in [0.717, 1.165) is 0 Å². The molecule has 0 N–H and O–H groups in total. The lowest BCUT2D eigenvalue weighted by Gasteiger charge is -2.23. The summed E-state index contributed by atoms with van der Waals surface area (Å²) in [5.41, 5.74) is 0. The Labute approximate surface area is 120 Å². The summed E-state index contributed by atoms with van der Waals surface area (Å²) in [4.78, 5) is 0. The van der Waals surface area contributed by atoms with Gasteiger partial charge in [-0.1, -0.05) is 83.4 Å². The molecule has 0 saturated heterocycles. The van der Waals surface area contributed by atoms with E-state index in [9.17, 15) is 0 Å². The second-order valence-corrected chi connectivity index (χ2v) is 13.9. The van der Waals surface area contributed by atoms with Crippen molar-refractivity contribution < 1.29 is 0 Å².